The number of nitrogens with zero attached hydrogens (tertiary/aromatic N) is 6. The van der Waals surface area contributed by atoms with Crippen LogP contribution in [0, 0.1) is 11.6 Å². The number of piperidine rings is 1. The molecular weight excluding hydrogens is 783 g/mol. The monoisotopic (exact) mass is 820 g/mol. The largest absolute Gasteiger partial charge is 0.573 e. The van der Waals surface area contributed by atoms with Gasteiger partial charge in [-0.1, -0.05) is 12.1 Å². The Morgan fingerprint density at radius 3 is 2.51 bits per heavy atom. The number of alkyl halides is 3. The standard InChI is InChI=1S/C40H37F5N8O6/c41-23-11-29(36(55)30(42)12-23)31-16-33-37(49-48-31)46-17-25-13-27(20-52(25)33)58-26-4-2-22(34(15-26)59-40(43,44)45)18-50-7-9-51(10-8-50)24-3-1-21-19-53(39(57)28(21)14-24)32-5-6-35(54)47-38(32)56/h1-4,11-12,14-16,25,27,32,55H,5-10,13,17-20H2,(H,46,49)(H,47,54,56)/t25-,27-,32?/m1/s1. The summed E-state index contributed by atoms with van der Waals surface area (Å²) in [5.74, 6) is -3.64. The fourth-order valence-corrected chi connectivity index (χ4v) is 8.58. The van der Waals surface area contributed by atoms with Crippen LogP contribution in [0.15, 0.2) is 54.6 Å². The number of phenols is 1. The number of benzene rings is 3. The SMILES string of the molecule is O=C1CCC(N2Cc3ccc(N4CCN(Cc5ccc(O[C@@H]6C[C@@H]7CNc8nnc(-c9cc(F)cc(F)c9O)cc8N7C6)cc5OC(F)(F)F)CC4)cc3C2=O)C(=O)N1. The van der Waals surface area contributed by atoms with Crippen LogP contribution >= 0.6 is 0 Å². The van der Waals surface area contributed by atoms with Crippen LogP contribution in [0.1, 0.15) is 40.7 Å². The van der Waals surface area contributed by atoms with Crippen molar-refractivity contribution in [1.82, 2.24) is 25.3 Å². The lowest BCUT2D eigenvalue weighted by Gasteiger charge is -2.36. The molecule has 3 fully saturated rings. The van der Waals surface area contributed by atoms with E-state index in [4.69, 9.17) is 4.74 Å². The smallest absolute Gasteiger partial charge is 0.504 e. The van der Waals surface area contributed by atoms with Gasteiger partial charge < -0.3 is 34.6 Å². The molecule has 3 aromatic carbocycles. The number of imide groups is 1. The first-order valence-corrected chi connectivity index (χ1v) is 19.1. The van der Waals surface area contributed by atoms with Crippen LogP contribution in [0.3, 0.4) is 0 Å². The summed E-state index contributed by atoms with van der Waals surface area (Å²) in [5.41, 5.74) is 2.90. The number of ether oxygens (including phenoxy) is 2. The quantitative estimate of drug-likeness (QED) is 0.169. The van der Waals surface area contributed by atoms with E-state index in [1.165, 1.54) is 11.0 Å². The van der Waals surface area contributed by atoms with Crippen LogP contribution in [0.2, 0.25) is 0 Å². The highest BCUT2D eigenvalue weighted by Gasteiger charge is 2.41. The van der Waals surface area contributed by atoms with E-state index >= 15 is 0 Å². The van der Waals surface area contributed by atoms with E-state index in [-0.39, 0.29) is 66.5 Å². The number of carbonyl (C=O) groups is 3. The molecule has 0 aliphatic carbocycles. The number of piperazine rings is 1. The molecule has 3 saturated heterocycles. The van der Waals surface area contributed by atoms with E-state index in [1.807, 2.05) is 28.0 Å². The summed E-state index contributed by atoms with van der Waals surface area (Å²) in [6.45, 7) is 3.39. The molecule has 1 aromatic heterocycles. The Labute approximate surface area is 333 Å². The van der Waals surface area contributed by atoms with Crippen molar-refractivity contribution in [2.24, 2.45) is 0 Å². The average Bonchev–Trinajstić information content (AvgIpc) is 3.76. The van der Waals surface area contributed by atoms with Gasteiger partial charge in [0.25, 0.3) is 5.91 Å². The molecule has 3 N–H and O–H groups in total. The van der Waals surface area contributed by atoms with E-state index in [2.05, 4.69) is 30.5 Å². The predicted molar refractivity (Wildman–Crippen MR) is 201 cm³/mol. The van der Waals surface area contributed by atoms with E-state index in [1.54, 1.807) is 18.2 Å². The first kappa shape index (κ1) is 38.3. The Bertz CT molecular complexity index is 2360. The molecular formula is C40H37F5N8O6. The van der Waals surface area contributed by atoms with Gasteiger partial charge in [-0.2, -0.15) is 0 Å². The molecule has 0 radical (unpaired) electrons. The van der Waals surface area contributed by atoms with Crippen LogP contribution in [-0.4, -0.2) is 107 Å². The number of nitrogens with one attached hydrogen (secondary N) is 2. The van der Waals surface area contributed by atoms with Crippen LogP contribution in [0.25, 0.3) is 11.3 Å². The molecule has 0 saturated carbocycles. The molecule has 59 heavy (non-hydrogen) atoms. The van der Waals surface area contributed by atoms with E-state index in [0.717, 1.165) is 17.3 Å². The molecule has 6 heterocycles. The second-order valence-electron chi connectivity index (χ2n) is 15.2. The lowest BCUT2D eigenvalue weighted by molar-refractivity contribution is -0.275. The molecule has 4 aromatic rings. The lowest BCUT2D eigenvalue weighted by Crippen LogP contribution is -2.52. The molecule has 0 spiro atoms. The fraction of sp³-hybridized carbons (Fsp3) is 0.375. The molecule has 0 bridgehead atoms. The molecule has 3 atom stereocenters. The summed E-state index contributed by atoms with van der Waals surface area (Å²) in [7, 11) is 0. The van der Waals surface area contributed by atoms with Gasteiger partial charge in [-0.15, -0.1) is 23.4 Å². The van der Waals surface area contributed by atoms with Gasteiger partial charge in [-0.25, -0.2) is 8.78 Å². The Kier molecular flexibility index (Phi) is 9.64. The number of aromatic nitrogens is 2. The van der Waals surface area contributed by atoms with Gasteiger partial charge in [0.15, 0.2) is 17.4 Å². The second kappa shape index (κ2) is 14.9. The van der Waals surface area contributed by atoms with E-state index in [9.17, 15) is 41.4 Å². The van der Waals surface area contributed by atoms with E-state index < -0.39 is 41.8 Å². The zero-order valence-corrected chi connectivity index (χ0v) is 31.3. The minimum Gasteiger partial charge on any atom is -0.504 e. The summed E-state index contributed by atoms with van der Waals surface area (Å²) in [6.07, 6.45) is -4.46. The van der Waals surface area contributed by atoms with Crippen molar-refractivity contribution < 1.29 is 50.9 Å². The van der Waals surface area contributed by atoms with Crippen molar-refractivity contribution in [1.29, 1.82) is 0 Å². The van der Waals surface area contributed by atoms with Crippen molar-refractivity contribution in [2.75, 3.05) is 54.4 Å². The van der Waals surface area contributed by atoms with Gasteiger partial charge >= 0.3 is 6.36 Å². The summed E-state index contributed by atoms with van der Waals surface area (Å²) >= 11 is 0. The van der Waals surface area contributed by atoms with Crippen LogP contribution in [0.5, 0.6) is 17.2 Å². The predicted octanol–water partition coefficient (Wildman–Crippen LogP) is 4.56. The summed E-state index contributed by atoms with van der Waals surface area (Å²) in [6, 6.07) is 12.3. The van der Waals surface area contributed by atoms with Gasteiger partial charge in [0, 0.05) is 93.2 Å². The molecule has 308 valence electrons. The number of fused-ring (bicyclic) bond motifs is 4. The highest BCUT2D eigenvalue weighted by atomic mass is 19.4. The Morgan fingerprint density at radius 1 is 0.915 bits per heavy atom. The molecule has 1 unspecified atom stereocenters. The normalized spacial score (nSPS) is 21.8. The molecule has 5 aliphatic rings. The Balaban J connectivity index is 0.847. The topological polar surface area (TPSA) is 153 Å². The van der Waals surface area contributed by atoms with Crippen molar-refractivity contribution >= 4 is 34.9 Å². The maximum atomic E-state index is 14.1. The molecule has 14 nitrogen and oxygen atoms in total. The molecule has 9 rings (SSSR count). The van der Waals surface area contributed by atoms with E-state index in [0.29, 0.717) is 74.4 Å². The van der Waals surface area contributed by atoms with Crippen molar-refractivity contribution in [3.63, 3.8) is 0 Å². The zero-order valence-electron chi connectivity index (χ0n) is 31.3. The first-order valence-electron chi connectivity index (χ1n) is 19.1. The minimum atomic E-state index is -4.95. The molecule has 19 heteroatoms. The van der Waals surface area contributed by atoms with Gasteiger partial charge in [-0.05, 0) is 42.3 Å². The lowest BCUT2D eigenvalue weighted by atomic mass is 10.0. The van der Waals surface area contributed by atoms with Gasteiger partial charge in [0.05, 0.1) is 24.0 Å². The highest BCUT2D eigenvalue weighted by molar-refractivity contribution is 6.05. The fourth-order valence-electron chi connectivity index (χ4n) is 8.58. The Hall–Kier alpha value is -6.24. The summed E-state index contributed by atoms with van der Waals surface area (Å²) < 4.78 is 80.0. The number of hydrogen-bond donors (Lipinski definition) is 3. The number of hydrogen-bond acceptors (Lipinski definition) is 12. The number of phenolic OH excluding ortho intramolecular Hbond substituents is 1. The van der Waals surface area contributed by atoms with Crippen molar-refractivity contribution in [3.05, 3.63) is 82.9 Å². The van der Waals surface area contributed by atoms with Gasteiger partial charge in [0.2, 0.25) is 11.8 Å². The Morgan fingerprint density at radius 2 is 1.73 bits per heavy atom. The number of aromatic hydroxyl groups is 1. The van der Waals surface area contributed by atoms with Gasteiger partial charge in [0.1, 0.15) is 29.5 Å². The number of amides is 3. The first-order chi connectivity index (χ1) is 28.3. The number of anilines is 3. The summed E-state index contributed by atoms with van der Waals surface area (Å²) in [5, 5.41) is 23.9. The van der Waals surface area contributed by atoms with Crippen molar-refractivity contribution in [3.8, 4) is 28.5 Å². The van der Waals surface area contributed by atoms with Gasteiger partial charge in [-0.3, -0.25) is 24.6 Å². The van der Waals surface area contributed by atoms with Crippen LogP contribution in [0.4, 0.5) is 39.1 Å². The molecule has 5 aliphatic heterocycles. The maximum absolute atomic E-state index is 14.1. The van der Waals surface area contributed by atoms with Crippen LogP contribution in [-0.2, 0) is 22.7 Å². The molecule has 3 amide bonds. The zero-order chi connectivity index (χ0) is 41.2. The number of carbonyl (C=O) groups excluding carboxylic acids is 3. The minimum absolute atomic E-state index is 0.0530. The number of halogens is 5. The third-order valence-corrected chi connectivity index (χ3v) is 11.5. The number of rotatable bonds is 8. The van der Waals surface area contributed by atoms with Crippen molar-refractivity contribution in [2.45, 2.75) is 56.9 Å². The third-order valence-electron chi connectivity index (χ3n) is 11.5. The third kappa shape index (κ3) is 7.61. The highest BCUT2D eigenvalue weighted by Crippen LogP contribution is 2.41. The maximum Gasteiger partial charge on any atom is 0.573 e. The second-order valence-corrected chi connectivity index (χ2v) is 15.2. The van der Waals surface area contributed by atoms with Crippen LogP contribution < -0.4 is 29.9 Å². The summed E-state index contributed by atoms with van der Waals surface area (Å²) in [4.78, 5) is 45.0. The average molecular weight is 821 g/mol.